The van der Waals surface area contributed by atoms with Gasteiger partial charge in [0.25, 0.3) is 5.91 Å². The fraction of sp³-hybridized carbons (Fsp3) is 0. The van der Waals surface area contributed by atoms with E-state index >= 15 is 0 Å². The van der Waals surface area contributed by atoms with Gasteiger partial charge in [-0.2, -0.15) is 0 Å². The summed E-state index contributed by atoms with van der Waals surface area (Å²) in [4.78, 5) is 12.1. The van der Waals surface area contributed by atoms with Crippen molar-refractivity contribution in [1.82, 2.24) is 0 Å². The maximum atomic E-state index is 13.1. The molecule has 2 nitrogen and oxygen atoms in total. The molecule has 0 aliphatic rings. The summed E-state index contributed by atoms with van der Waals surface area (Å²) in [5.41, 5.74) is 0.713. The van der Waals surface area contributed by atoms with Crippen molar-refractivity contribution in [2.45, 2.75) is 0 Å². The molecule has 0 saturated heterocycles. The van der Waals surface area contributed by atoms with Crippen LogP contribution in [0.1, 0.15) is 10.4 Å². The monoisotopic (exact) mass is 453 g/mol. The van der Waals surface area contributed by atoms with Gasteiger partial charge in [0, 0.05) is 8.04 Å². The Labute approximate surface area is 136 Å². The summed E-state index contributed by atoms with van der Waals surface area (Å²) in [6, 6.07) is 9.20. The van der Waals surface area contributed by atoms with E-state index in [1.807, 2.05) is 6.07 Å². The number of hydrogen-bond acceptors (Lipinski definition) is 1. The largest absolute Gasteiger partial charge is 0.321 e. The molecule has 19 heavy (non-hydrogen) atoms. The molecule has 2 aromatic carbocycles. The second kappa shape index (κ2) is 6.19. The van der Waals surface area contributed by atoms with Crippen molar-refractivity contribution in [3.8, 4) is 0 Å². The first-order valence-electron chi connectivity index (χ1n) is 5.19. The van der Waals surface area contributed by atoms with E-state index in [1.54, 1.807) is 12.1 Å². The van der Waals surface area contributed by atoms with E-state index in [0.717, 1.165) is 3.57 Å². The number of nitrogens with one attached hydrogen (secondary N) is 1. The zero-order chi connectivity index (χ0) is 14.0. The highest BCUT2D eigenvalue weighted by Gasteiger charge is 2.12. The number of carbonyl (C=O) groups is 1. The van der Waals surface area contributed by atoms with Crippen LogP contribution in [0.15, 0.2) is 40.9 Å². The SMILES string of the molecule is O=C(Nc1cc(F)ccc1Cl)c1cc(I)ccc1Br. The lowest BCUT2D eigenvalue weighted by molar-refractivity contribution is 0.102. The predicted molar refractivity (Wildman–Crippen MR) is 86.2 cm³/mol. The van der Waals surface area contributed by atoms with Crippen LogP contribution in [0.2, 0.25) is 5.02 Å². The fourth-order valence-electron chi connectivity index (χ4n) is 1.45. The van der Waals surface area contributed by atoms with E-state index in [1.165, 1.54) is 18.2 Å². The van der Waals surface area contributed by atoms with Crippen LogP contribution in [0.3, 0.4) is 0 Å². The number of rotatable bonds is 2. The molecule has 0 heterocycles. The van der Waals surface area contributed by atoms with Crippen molar-refractivity contribution >= 4 is 61.7 Å². The summed E-state index contributed by atoms with van der Waals surface area (Å²) < 4.78 is 14.7. The Hall–Kier alpha value is -0.660. The minimum atomic E-state index is -0.457. The number of anilines is 1. The smallest absolute Gasteiger partial charge is 0.256 e. The standard InChI is InChI=1S/C13H7BrClFINO/c14-10-3-2-8(17)6-9(10)13(19)18-12-5-7(16)1-4-11(12)15/h1-6H,(H,18,19). The summed E-state index contributed by atoms with van der Waals surface area (Å²) in [6.07, 6.45) is 0. The lowest BCUT2D eigenvalue weighted by Gasteiger charge is -2.09. The quantitative estimate of drug-likeness (QED) is 0.629. The van der Waals surface area contributed by atoms with Crippen molar-refractivity contribution in [3.63, 3.8) is 0 Å². The van der Waals surface area contributed by atoms with Crippen molar-refractivity contribution < 1.29 is 9.18 Å². The predicted octanol–water partition coefficient (Wildman–Crippen LogP) is 5.10. The summed E-state index contributed by atoms with van der Waals surface area (Å²) in [6.45, 7) is 0. The molecule has 0 aliphatic heterocycles. The molecule has 0 bridgehead atoms. The molecule has 6 heteroatoms. The third kappa shape index (κ3) is 3.67. The maximum absolute atomic E-state index is 13.1. The zero-order valence-electron chi connectivity index (χ0n) is 9.38. The van der Waals surface area contributed by atoms with Crippen LogP contribution in [0.25, 0.3) is 0 Å². The molecule has 0 aromatic heterocycles. The molecule has 2 rings (SSSR count). The van der Waals surface area contributed by atoms with Gasteiger partial charge in [-0.3, -0.25) is 4.79 Å². The van der Waals surface area contributed by atoms with E-state index < -0.39 is 5.82 Å². The highest BCUT2D eigenvalue weighted by atomic mass is 127. The first kappa shape index (κ1) is 14.7. The Morgan fingerprint density at radius 1 is 1.26 bits per heavy atom. The average molecular weight is 454 g/mol. The molecular weight excluding hydrogens is 447 g/mol. The van der Waals surface area contributed by atoms with E-state index in [4.69, 9.17) is 11.6 Å². The normalized spacial score (nSPS) is 10.3. The molecule has 0 fully saturated rings. The first-order chi connectivity index (χ1) is 8.97. The summed E-state index contributed by atoms with van der Waals surface area (Å²) in [5.74, 6) is -0.806. The topological polar surface area (TPSA) is 29.1 Å². The van der Waals surface area contributed by atoms with Gasteiger partial charge in [-0.15, -0.1) is 0 Å². The Morgan fingerprint density at radius 3 is 2.74 bits per heavy atom. The summed E-state index contributed by atoms with van der Waals surface area (Å²) in [5, 5.41) is 2.88. The van der Waals surface area contributed by atoms with Gasteiger partial charge >= 0.3 is 0 Å². The van der Waals surface area contributed by atoms with E-state index in [9.17, 15) is 9.18 Å². The fourth-order valence-corrected chi connectivity index (χ4v) is 2.54. The molecule has 0 spiro atoms. The Balaban J connectivity index is 2.30. The van der Waals surface area contributed by atoms with Gasteiger partial charge in [0.2, 0.25) is 0 Å². The lowest BCUT2D eigenvalue weighted by Crippen LogP contribution is -2.13. The van der Waals surface area contributed by atoms with Gasteiger partial charge in [-0.1, -0.05) is 11.6 Å². The van der Waals surface area contributed by atoms with Gasteiger partial charge in [-0.05, 0) is 74.9 Å². The molecule has 1 N–H and O–H groups in total. The van der Waals surface area contributed by atoms with Crippen molar-refractivity contribution in [2.75, 3.05) is 5.32 Å². The molecule has 0 saturated carbocycles. The molecule has 0 unspecified atom stereocenters. The van der Waals surface area contributed by atoms with Crippen LogP contribution < -0.4 is 5.32 Å². The van der Waals surface area contributed by atoms with Crippen LogP contribution in [-0.2, 0) is 0 Å². The summed E-state index contributed by atoms with van der Waals surface area (Å²) >= 11 is 11.3. The minimum absolute atomic E-state index is 0.248. The number of carbonyl (C=O) groups excluding carboxylic acids is 1. The second-order valence-electron chi connectivity index (χ2n) is 3.70. The van der Waals surface area contributed by atoms with Crippen LogP contribution in [0, 0.1) is 9.39 Å². The highest BCUT2D eigenvalue weighted by Crippen LogP contribution is 2.25. The van der Waals surface area contributed by atoms with Gasteiger partial charge in [-0.25, -0.2) is 4.39 Å². The van der Waals surface area contributed by atoms with Crippen LogP contribution >= 0.6 is 50.1 Å². The molecule has 0 atom stereocenters. The van der Waals surface area contributed by atoms with E-state index in [-0.39, 0.29) is 16.6 Å². The Morgan fingerprint density at radius 2 is 2.00 bits per heavy atom. The van der Waals surface area contributed by atoms with Crippen LogP contribution in [0.5, 0.6) is 0 Å². The zero-order valence-corrected chi connectivity index (χ0v) is 13.9. The van der Waals surface area contributed by atoms with E-state index in [0.29, 0.717) is 10.0 Å². The minimum Gasteiger partial charge on any atom is -0.321 e. The maximum Gasteiger partial charge on any atom is 0.256 e. The third-order valence-corrected chi connectivity index (χ3v) is 4.04. The van der Waals surface area contributed by atoms with Gasteiger partial charge in [0.15, 0.2) is 0 Å². The highest BCUT2D eigenvalue weighted by molar-refractivity contribution is 14.1. The van der Waals surface area contributed by atoms with Crippen LogP contribution in [0.4, 0.5) is 10.1 Å². The molecule has 0 aliphatic carbocycles. The van der Waals surface area contributed by atoms with Gasteiger partial charge < -0.3 is 5.32 Å². The number of amides is 1. The Kier molecular flexibility index (Phi) is 4.81. The first-order valence-corrected chi connectivity index (χ1v) is 7.44. The molecule has 1 amide bonds. The van der Waals surface area contributed by atoms with Gasteiger partial charge in [0.05, 0.1) is 16.3 Å². The molecule has 0 radical (unpaired) electrons. The van der Waals surface area contributed by atoms with Gasteiger partial charge in [0.1, 0.15) is 5.82 Å². The number of benzene rings is 2. The lowest BCUT2D eigenvalue weighted by atomic mass is 10.2. The second-order valence-corrected chi connectivity index (χ2v) is 6.21. The number of halogens is 4. The molecule has 2 aromatic rings. The molecular formula is C13H7BrClFINO. The number of hydrogen-bond donors (Lipinski definition) is 1. The van der Waals surface area contributed by atoms with E-state index in [2.05, 4.69) is 43.8 Å². The molecule has 98 valence electrons. The Bertz CT molecular complexity index is 651. The van der Waals surface area contributed by atoms with Crippen molar-refractivity contribution in [2.24, 2.45) is 0 Å². The van der Waals surface area contributed by atoms with Crippen LogP contribution in [-0.4, -0.2) is 5.91 Å². The third-order valence-electron chi connectivity index (χ3n) is 2.35. The average Bonchev–Trinajstić information content (AvgIpc) is 2.36. The summed E-state index contributed by atoms with van der Waals surface area (Å²) in [7, 11) is 0. The van der Waals surface area contributed by atoms with Crippen molar-refractivity contribution in [3.05, 3.63) is 60.8 Å². The van der Waals surface area contributed by atoms with Crippen molar-refractivity contribution in [1.29, 1.82) is 0 Å².